The third kappa shape index (κ3) is 2.69. The van der Waals surface area contributed by atoms with Crippen LogP contribution >= 0.6 is 0 Å². The van der Waals surface area contributed by atoms with Crippen LogP contribution in [0.1, 0.15) is 43.0 Å². The van der Waals surface area contributed by atoms with Crippen LogP contribution in [0.25, 0.3) is 0 Å². The molecule has 2 heterocycles. The molecule has 1 saturated carbocycles. The van der Waals surface area contributed by atoms with Crippen molar-refractivity contribution in [2.75, 3.05) is 20.3 Å². The summed E-state index contributed by atoms with van der Waals surface area (Å²) in [6.07, 6.45) is 5.12. The highest BCUT2D eigenvalue weighted by Gasteiger charge is 2.34. The highest BCUT2D eigenvalue weighted by atomic mass is 16.5. The van der Waals surface area contributed by atoms with Crippen molar-refractivity contribution in [3.63, 3.8) is 0 Å². The van der Waals surface area contributed by atoms with Gasteiger partial charge in [-0.1, -0.05) is 0 Å². The zero-order chi connectivity index (χ0) is 14.1. The molecule has 20 heavy (non-hydrogen) atoms. The Morgan fingerprint density at radius 3 is 2.90 bits per heavy atom. The van der Waals surface area contributed by atoms with E-state index in [9.17, 15) is 0 Å². The van der Waals surface area contributed by atoms with Crippen molar-refractivity contribution in [3.8, 4) is 5.88 Å². The van der Waals surface area contributed by atoms with E-state index in [-0.39, 0.29) is 6.10 Å². The van der Waals surface area contributed by atoms with E-state index >= 15 is 0 Å². The smallest absolute Gasteiger partial charge is 0.217 e. The number of ether oxygens (including phenoxy) is 2. The number of hydrogen-bond acceptors (Lipinski definition) is 4. The Morgan fingerprint density at radius 1 is 1.40 bits per heavy atom. The van der Waals surface area contributed by atoms with E-state index in [1.165, 1.54) is 19.3 Å². The van der Waals surface area contributed by atoms with E-state index in [4.69, 9.17) is 9.47 Å². The van der Waals surface area contributed by atoms with Crippen molar-refractivity contribution in [2.45, 2.75) is 44.8 Å². The third-order valence-electron chi connectivity index (χ3n) is 4.38. The fourth-order valence-electron chi connectivity index (χ4n) is 3.20. The van der Waals surface area contributed by atoms with Crippen molar-refractivity contribution >= 4 is 0 Å². The lowest BCUT2D eigenvalue weighted by atomic mass is 9.89. The minimum absolute atomic E-state index is 0.110. The second-order valence-corrected chi connectivity index (χ2v) is 6.01. The fraction of sp³-hybridized carbons (Fsp3) is 0.800. The molecule has 2 fully saturated rings. The van der Waals surface area contributed by atoms with Crippen LogP contribution in [0.3, 0.4) is 0 Å². The molecule has 1 N–H and O–H groups in total. The summed E-state index contributed by atoms with van der Waals surface area (Å²) in [6.45, 7) is 3.91. The Labute approximate surface area is 120 Å². The van der Waals surface area contributed by atoms with Crippen LogP contribution in [0, 0.1) is 12.8 Å². The summed E-state index contributed by atoms with van der Waals surface area (Å²) < 4.78 is 13.4. The van der Waals surface area contributed by atoms with Crippen molar-refractivity contribution in [2.24, 2.45) is 13.0 Å². The molecule has 1 aliphatic carbocycles. The molecule has 112 valence electrons. The summed E-state index contributed by atoms with van der Waals surface area (Å²) in [5.41, 5.74) is 2.16. The zero-order valence-corrected chi connectivity index (χ0v) is 12.7. The molecule has 2 aliphatic rings. The number of aromatic nitrogens is 2. The lowest BCUT2D eigenvalue weighted by Gasteiger charge is -2.32. The van der Waals surface area contributed by atoms with E-state index < -0.39 is 0 Å². The molecule has 0 radical (unpaired) electrons. The molecule has 2 unspecified atom stereocenters. The monoisotopic (exact) mass is 279 g/mol. The average Bonchev–Trinajstić information content (AvgIpc) is 3.22. The second-order valence-electron chi connectivity index (χ2n) is 6.01. The third-order valence-corrected chi connectivity index (χ3v) is 4.38. The topological polar surface area (TPSA) is 48.3 Å². The Hall–Kier alpha value is -1.07. The van der Waals surface area contributed by atoms with Crippen molar-refractivity contribution < 1.29 is 9.47 Å². The predicted molar refractivity (Wildman–Crippen MR) is 76.9 cm³/mol. The molecule has 3 rings (SSSR count). The van der Waals surface area contributed by atoms with E-state index in [2.05, 4.69) is 10.4 Å². The molecule has 1 aromatic rings. The van der Waals surface area contributed by atoms with Crippen LogP contribution in [0.15, 0.2) is 0 Å². The van der Waals surface area contributed by atoms with Crippen molar-refractivity contribution in [1.29, 1.82) is 0 Å². The molecule has 0 aromatic carbocycles. The highest BCUT2D eigenvalue weighted by molar-refractivity contribution is 5.34. The lowest BCUT2D eigenvalue weighted by Crippen LogP contribution is -2.33. The molecule has 5 nitrogen and oxygen atoms in total. The molecular formula is C15H25N3O2. The number of methoxy groups -OCH3 is 1. The standard InChI is InChI=1S/C15H25N3O2/c1-10-13(15(19-3)18(2)17-10)14-11(5-4-8-20-14)9-16-12-6-7-12/h11-12,14,16H,4-9H2,1-3H3. The first kappa shape index (κ1) is 13.9. The maximum atomic E-state index is 6.09. The van der Waals surface area contributed by atoms with E-state index in [0.29, 0.717) is 5.92 Å². The normalized spacial score (nSPS) is 26.8. The SMILES string of the molecule is COc1c(C2OCCCC2CNC2CC2)c(C)nn1C. The zero-order valence-electron chi connectivity index (χ0n) is 12.7. The van der Waals surface area contributed by atoms with E-state index in [0.717, 1.165) is 42.8 Å². The van der Waals surface area contributed by atoms with Gasteiger partial charge in [0.1, 0.15) is 0 Å². The Morgan fingerprint density at radius 2 is 2.20 bits per heavy atom. The number of rotatable bonds is 5. The van der Waals surface area contributed by atoms with Gasteiger partial charge >= 0.3 is 0 Å². The van der Waals surface area contributed by atoms with E-state index in [1.807, 2.05) is 18.7 Å². The van der Waals surface area contributed by atoms with E-state index in [1.54, 1.807) is 7.11 Å². The van der Waals surface area contributed by atoms with Gasteiger partial charge in [0.05, 0.1) is 24.5 Å². The largest absolute Gasteiger partial charge is 0.481 e. The summed E-state index contributed by atoms with van der Waals surface area (Å²) in [4.78, 5) is 0. The van der Waals surface area contributed by atoms with Gasteiger partial charge in [-0.25, -0.2) is 4.68 Å². The molecular weight excluding hydrogens is 254 g/mol. The minimum atomic E-state index is 0.110. The number of nitrogens with zero attached hydrogens (tertiary/aromatic N) is 2. The Kier molecular flexibility index (Phi) is 3.98. The van der Waals surface area contributed by atoms with Crippen LogP contribution < -0.4 is 10.1 Å². The molecule has 2 atom stereocenters. The van der Waals surface area contributed by atoms with Crippen LogP contribution in [0.4, 0.5) is 0 Å². The average molecular weight is 279 g/mol. The Bertz CT molecular complexity index is 468. The first-order valence-corrected chi connectivity index (χ1v) is 7.63. The molecule has 0 amide bonds. The summed E-state index contributed by atoms with van der Waals surface area (Å²) in [6, 6.07) is 0.745. The second kappa shape index (κ2) is 5.74. The first-order valence-electron chi connectivity index (χ1n) is 7.63. The van der Waals surface area contributed by atoms with Gasteiger partial charge in [0, 0.05) is 32.2 Å². The number of nitrogens with one attached hydrogen (secondary N) is 1. The first-order chi connectivity index (χ1) is 9.70. The van der Waals surface area contributed by atoms with Gasteiger partial charge in [0.25, 0.3) is 0 Å². The molecule has 1 saturated heterocycles. The van der Waals surface area contributed by atoms with Gasteiger partial charge in [-0.15, -0.1) is 0 Å². The summed E-state index contributed by atoms with van der Waals surface area (Å²) in [5.74, 6) is 1.35. The van der Waals surface area contributed by atoms with Crippen molar-refractivity contribution in [1.82, 2.24) is 15.1 Å². The molecule has 1 aromatic heterocycles. The Balaban J connectivity index is 1.80. The van der Waals surface area contributed by atoms with Gasteiger partial charge in [0.15, 0.2) is 0 Å². The predicted octanol–water partition coefficient (Wildman–Crippen LogP) is 1.96. The van der Waals surface area contributed by atoms with Gasteiger partial charge in [-0.05, 0) is 32.6 Å². The molecule has 5 heteroatoms. The summed E-state index contributed by atoms with van der Waals surface area (Å²) >= 11 is 0. The maximum absolute atomic E-state index is 6.09. The minimum Gasteiger partial charge on any atom is -0.481 e. The quantitative estimate of drug-likeness (QED) is 0.895. The highest BCUT2D eigenvalue weighted by Crippen LogP contribution is 2.39. The summed E-state index contributed by atoms with van der Waals surface area (Å²) in [7, 11) is 3.63. The van der Waals surface area contributed by atoms with Crippen LogP contribution in [-0.4, -0.2) is 36.1 Å². The number of hydrogen-bond donors (Lipinski definition) is 1. The maximum Gasteiger partial charge on any atom is 0.217 e. The molecule has 0 bridgehead atoms. The number of aryl methyl sites for hydroxylation is 2. The van der Waals surface area contributed by atoms with Gasteiger partial charge in [-0.2, -0.15) is 5.10 Å². The van der Waals surface area contributed by atoms with Crippen LogP contribution in [0.5, 0.6) is 5.88 Å². The fourth-order valence-corrected chi connectivity index (χ4v) is 3.20. The molecule has 0 spiro atoms. The van der Waals surface area contributed by atoms with Gasteiger partial charge in [-0.3, -0.25) is 0 Å². The van der Waals surface area contributed by atoms with Crippen LogP contribution in [-0.2, 0) is 11.8 Å². The molecule has 1 aliphatic heterocycles. The van der Waals surface area contributed by atoms with Gasteiger partial charge < -0.3 is 14.8 Å². The summed E-state index contributed by atoms with van der Waals surface area (Å²) in [5, 5.41) is 8.13. The van der Waals surface area contributed by atoms with Crippen molar-refractivity contribution in [3.05, 3.63) is 11.3 Å². The lowest BCUT2D eigenvalue weighted by molar-refractivity contribution is -0.0294. The van der Waals surface area contributed by atoms with Gasteiger partial charge in [0.2, 0.25) is 5.88 Å². The van der Waals surface area contributed by atoms with Crippen LogP contribution in [0.2, 0.25) is 0 Å².